The number of piperidine rings is 1. The number of nitrogens with zero attached hydrogens (tertiary/aromatic N) is 2. The normalized spacial score (nSPS) is 26.0. The van der Waals surface area contributed by atoms with Crippen molar-refractivity contribution < 1.29 is 13.2 Å². The van der Waals surface area contributed by atoms with Crippen molar-refractivity contribution in [3.05, 3.63) is 24.3 Å². The molecule has 0 aromatic heterocycles. The third kappa shape index (κ3) is 4.70. The van der Waals surface area contributed by atoms with Gasteiger partial charge in [-0.3, -0.25) is 9.69 Å². The van der Waals surface area contributed by atoms with E-state index in [2.05, 4.69) is 24.1 Å². The first kappa shape index (κ1) is 20.3. The zero-order valence-electron chi connectivity index (χ0n) is 16.5. The minimum Gasteiger partial charge on any atom is -0.325 e. The molecule has 1 aromatic rings. The summed E-state index contributed by atoms with van der Waals surface area (Å²) in [5.41, 5.74) is 0.630. The highest BCUT2D eigenvalue weighted by Gasteiger charge is 2.29. The van der Waals surface area contributed by atoms with Crippen LogP contribution in [0.2, 0.25) is 0 Å². The van der Waals surface area contributed by atoms with Crippen molar-refractivity contribution in [1.29, 1.82) is 0 Å². The standard InChI is InChI=1S/C20H31N3O3S/c1-15-12-16(2)14-22(13-15)17(3)20(24)21-18-6-8-19(9-7-18)27(25,26)23-10-4-5-11-23/h6-9,15-17H,4-5,10-14H2,1-3H3,(H,21,24). The van der Waals surface area contributed by atoms with Crippen LogP contribution in [0, 0.1) is 11.8 Å². The molecular formula is C20H31N3O3S. The largest absolute Gasteiger partial charge is 0.325 e. The van der Waals surface area contributed by atoms with Crippen LogP contribution in [0.4, 0.5) is 5.69 Å². The van der Waals surface area contributed by atoms with Crippen LogP contribution in [0.15, 0.2) is 29.2 Å². The molecule has 2 heterocycles. The highest BCUT2D eigenvalue weighted by Crippen LogP contribution is 2.24. The molecule has 2 saturated heterocycles. The zero-order chi connectivity index (χ0) is 19.6. The lowest BCUT2D eigenvalue weighted by atomic mass is 9.91. The van der Waals surface area contributed by atoms with Gasteiger partial charge in [0.2, 0.25) is 15.9 Å². The molecule has 7 heteroatoms. The fraction of sp³-hybridized carbons (Fsp3) is 0.650. The van der Waals surface area contributed by atoms with Crippen LogP contribution in [0.1, 0.15) is 40.0 Å². The second kappa shape index (κ2) is 8.29. The summed E-state index contributed by atoms with van der Waals surface area (Å²) in [6.45, 7) is 9.44. The highest BCUT2D eigenvalue weighted by atomic mass is 32.2. The lowest BCUT2D eigenvalue weighted by Crippen LogP contribution is -2.48. The molecule has 0 saturated carbocycles. The van der Waals surface area contributed by atoms with Crippen LogP contribution in [-0.2, 0) is 14.8 Å². The number of nitrogens with one attached hydrogen (secondary N) is 1. The molecule has 2 aliphatic rings. The lowest BCUT2D eigenvalue weighted by Gasteiger charge is -2.38. The Morgan fingerprint density at radius 1 is 1.07 bits per heavy atom. The second-order valence-corrected chi connectivity index (χ2v) is 10.1. The van der Waals surface area contributed by atoms with Gasteiger partial charge in [-0.15, -0.1) is 0 Å². The van der Waals surface area contributed by atoms with Crippen molar-refractivity contribution in [2.24, 2.45) is 11.8 Å². The van der Waals surface area contributed by atoms with E-state index in [-0.39, 0.29) is 16.8 Å². The van der Waals surface area contributed by atoms with Gasteiger partial charge in [0.1, 0.15) is 0 Å². The summed E-state index contributed by atoms with van der Waals surface area (Å²) in [5.74, 6) is 1.14. The number of anilines is 1. The number of amides is 1. The molecule has 150 valence electrons. The molecule has 0 bridgehead atoms. The molecule has 27 heavy (non-hydrogen) atoms. The van der Waals surface area contributed by atoms with E-state index in [1.54, 1.807) is 24.3 Å². The van der Waals surface area contributed by atoms with Crippen LogP contribution >= 0.6 is 0 Å². The maximum absolute atomic E-state index is 12.6. The first-order chi connectivity index (χ1) is 12.8. The minimum atomic E-state index is -3.42. The Hall–Kier alpha value is -1.44. The van der Waals surface area contributed by atoms with E-state index < -0.39 is 10.0 Å². The van der Waals surface area contributed by atoms with Crippen molar-refractivity contribution in [3.8, 4) is 0 Å². The number of carbonyl (C=O) groups is 1. The second-order valence-electron chi connectivity index (χ2n) is 8.20. The molecule has 2 fully saturated rings. The monoisotopic (exact) mass is 393 g/mol. The maximum atomic E-state index is 12.6. The molecule has 1 aromatic carbocycles. The van der Waals surface area contributed by atoms with Gasteiger partial charge in [-0.1, -0.05) is 13.8 Å². The summed E-state index contributed by atoms with van der Waals surface area (Å²) in [7, 11) is -3.42. The van der Waals surface area contributed by atoms with Gasteiger partial charge in [-0.25, -0.2) is 8.42 Å². The van der Waals surface area contributed by atoms with Crippen molar-refractivity contribution in [2.45, 2.75) is 51.0 Å². The average Bonchev–Trinajstić information content (AvgIpc) is 3.16. The Morgan fingerprint density at radius 2 is 1.63 bits per heavy atom. The van der Waals surface area contributed by atoms with Crippen molar-refractivity contribution in [3.63, 3.8) is 0 Å². The quantitative estimate of drug-likeness (QED) is 0.835. The molecular weight excluding hydrogens is 362 g/mol. The van der Waals surface area contributed by atoms with E-state index in [1.807, 2.05) is 6.92 Å². The van der Waals surface area contributed by atoms with Gasteiger partial charge >= 0.3 is 0 Å². The third-order valence-electron chi connectivity index (χ3n) is 5.65. The van der Waals surface area contributed by atoms with Crippen molar-refractivity contribution in [1.82, 2.24) is 9.21 Å². The summed E-state index contributed by atoms with van der Waals surface area (Å²) < 4.78 is 26.7. The number of likely N-dealkylation sites (tertiary alicyclic amines) is 1. The van der Waals surface area contributed by atoms with E-state index in [1.165, 1.54) is 10.7 Å². The summed E-state index contributed by atoms with van der Waals surface area (Å²) in [5, 5.41) is 2.93. The van der Waals surface area contributed by atoms with Gasteiger partial charge < -0.3 is 5.32 Å². The van der Waals surface area contributed by atoms with Crippen LogP contribution in [0.3, 0.4) is 0 Å². The van der Waals surface area contributed by atoms with Gasteiger partial charge in [-0.2, -0.15) is 4.31 Å². The van der Waals surface area contributed by atoms with Crippen LogP contribution in [0.5, 0.6) is 0 Å². The van der Waals surface area contributed by atoms with Crippen LogP contribution in [0.25, 0.3) is 0 Å². The fourth-order valence-electron chi connectivity index (χ4n) is 4.23. The predicted molar refractivity (Wildman–Crippen MR) is 107 cm³/mol. The van der Waals surface area contributed by atoms with Gasteiger partial charge in [0.15, 0.2) is 0 Å². The first-order valence-electron chi connectivity index (χ1n) is 9.92. The number of benzene rings is 1. The Kier molecular flexibility index (Phi) is 6.23. The maximum Gasteiger partial charge on any atom is 0.243 e. The predicted octanol–water partition coefficient (Wildman–Crippen LogP) is 2.78. The summed E-state index contributed by atoms with van der Waals surface area (Å²) >= 11 is 0. The lowest BCUT2D eigenvalue weighted by molar-refractivity contribution is -0.121. The number of rotatable bonds is 5. The Morgan fingerprint density at radius 3 is 2.19 bits per heavy atom. The zero-order valence-corrected chi connectivity index (χ0v) is 17.3. The smallest absolute Gasteiger partial charge is 0.243 e. The van der Waals surface area contributed by atoms with Gasteiger partial charge in [-0.05, 0) is 62.3 Å². The van der Waals surface area contributed by atoms with Gasteiger partial charge in [0, 0.05) is 31.9 Å². The van der Waals surface area contributed by atoms with E-state index in [4.69, 9.17) is 0 Å². The van der Waals surface area contributed by atoms with Gasteiger partial charge in [0.05, 0.1) is 10.9 Å². The minimum absolute atomic E-state index is 0.0496. The number of carbonyl (C=O) groups excluding carboxylic acids is 1. The van der Waals surface area contributed by atoms with Crippen LogP contribution < -0.4 is 5.32 Å². The van der Waals surface area contributed by atoms with Crippen molar-refractivity contribution >= 4 is 21.6 Å². The number of sulfonamides is 1. The highest BCUT2D eigenvalue weighted by molar-refractivity contribution is 7.89. The Balaban J connectivity index is 1.63. The fourth-order valence-corrected chi connectivity index (χ4v) is 5.74. The van der Waals surface area contributed by atoms with Crippen molar-refractivity contribution in [2.75, 3.05) is 31.5 Å². The van der Waals surface area contributed by atoms with Gasteiger partial charge in [0.25, 0.3) is 0 Å². The third-order valence-corrected chi connectivity index (χ3v) is 7.56. The molecule has 6 nitrogen and oxygen atoms in total. The van der Waals surface area contributed by atoms with E-state index >= 15 is 0 Å². The summed E-state index contributed by atoms with van der Waals surface area (Å²) in [6, 6.07) is 6.31. The number of hydrogen-bond donors (Lipinski definition) is 1. The SMILES string of the molecule is CC1CC(C)CN(C(C)C(=O)Nc2ccc(S(=O)(=O)N3CCCC3)cc2)C1. The van der Waals surface area contributed by atoms with E-state index in [0.717, 1.165) is 25.9 Å². The topological polar surface area (TPSA) is 69.7 Å². The summed E-state index contributed by atoms with van der Waals surface area (Å²) in [6.07, 6.45) is 3.04. The molecule has 3 atom stereocenters. The van der Waals surface area contributed by atoms with E-state index in [0.29, 0.717) is 30.6 Å². The molecule has 0 aliphatic carbocycles. The molecule has 1 amide bonds. The average molecular weight is 394 g/mol. The number of hydrogen-bond acceptors (Lipinski definition) is 4. The molecule has 3 rings (SSSR count). The molecule has 1 N–H and O–H groups in total. The summed E-state index contributed by atoms with van der Waals surface area (Å²) in [4.78, 5) is 15.2. The molecule has 2 aliphatic heterocycles. The molecule has 3 unspecified atom stereocenters. The molecule has 0 spiro atoms. The Bertz CT molecular complexity index is 747. The van der Waals surface area contributed by atoms with E-state index in [9.17, 15) is 13.2 Å². The first-order valence-corrected chi connectivity index (χ1v) is 11.4. The Labute approximate surface area is 163 Å². The van der Waals surface area contributed by atoms with Crippen LogP contribution in [-0.4, -0.2) is 55.8 Å². The molecule has 0 radical (unpaired) electrons.